The average molecular weight is 519 g/mol. The van der Waals surface area contributed by atoms with E-state index in [-0.39, 0.29) is 13.0 Å². The maximum atomic E-state index is 12.3. The van der Waals surface area contributed by atoms with Gasteiger partial charge in [0.05, 0.1) is 17.9 Å². The first-order valence-electron chi connectivity index (χ1n) is 7.36. The summed E-state index contributed by atoms with van der Waals surface area (Å²) in [5.41, 5.74) is -1.50. The lowest BCUT2D eigenvalue weighted by Crippen LogP contribution is -2.63. The number of ether oxygens (including phenoxy) is 2. The molecule has 0 aromatic carbocycles. The fourth-order valence-electron chi connectivity index (χ4n) is 2.02. The highest BCUT2D eigenvalue weighted by molar-refractivity contribution is 8.47. The fraction of sp³-hybridized carbons (Fsp3) is 0.692. The second kappa shape index (κ2) is 11.4. The second-order valence-electron chi connectivity index (χ2n) is 5.01. The van der Waals surface area contributed by atoms with E-state index in [4.69, 9.17) is 68.5 Å². The third kappa shape index (κ3) is 8.20. The Morgan fingerprint density at radius 2 is 2.00 bits per heavy atom. The van der Waals surface area contributed by atoms with Gasteiger partial charge in [-0.2, -0.15) is 0 Å². The van der Waals surface area contributed by atoms with Crippen molar-refractivity contribution >= 4 is 104 Å². The van der Waals surface area contributed by atoms with Gasteiger partial charge < -0.3 is 19.5 Å². The molecule has 1 saturated heterocycles. The van der Waals surface area contributed by atoms with E-state index < -0.39 is 45.2 Å². The SMILES string of the molecule is CCSC(=S)S[C@@H]1[C@H](CCOC(=O)OCC(Cl)(Cl)Cl)C(=O)N1C(Cl)C(=O)O. The number of amides is 1. The van der Waals surface area contributed by atoms with Gasteiger partial charge in [0.1, 0.15) is 10.1 Å². The molecule has 1 aliphatic heterocycles. The maximum absolute atomic E-state index is 12.3. The summed E-state index contributed by atoms with van der Waals surface area (Å²) in [6.45, 7) is 1.28. The number of thioether (sulfide) groups is 2. The molecule has 0 spiro atoms. The first kappa shape index (κ1) is 25.2. The lowest BCUT2D eigenvalue weighted by atomic mass is 9.95. The zero-order chi connectivity index (χ0) is 20.8. The molecule has 1 aliphatic rings. The molecule has 14 heteroatoms. The van der Waals surface area contributed by atoms with Crippen molar-refractivity contribution in [3.05, 3.63) is 0 Å². The number of carboxylic acid groups (broad SMARTS) is 1. The van der Waals surface area contributed by atoms with Crippen LogP contribution in [-0.4, -0.2) is 65.2 Å². The zero-order valence-corrected chi connectivity index (χ0v) is 19.2. The number of rotatable bonds is 8. The van der Waals surface area contributed by atoms with Crippen LogP contribution in [-0.2, 0) is 19.1 Å². The van der Waals surface area contributed by atoms with Crippen molar-refractivity contribution in [1.82, 2.24) is 4.90 Å². The minimum atomic E-state index is -1.76. The number of thiocarbonyl (C=S) groups is 1. The summed E-state index contributed by atoms with van der Waals surface area (Å²) in [6.07, 6.45) is -0.912. The lowest BCUT2D eigenvalue weighted by Gasteiger charge is -2.47. The molecule has 1 heterocycles. The molecule has 1 N–H and O–H groups in total. The third-order valence-electron chi connectivity index (χ3n) is 3.12. The number of β-lactam (4-membered cyclic amide) rings is 1. The van der Waals surface area contributed by atoms with E-state index in [0.717, 1.165) is 10.7 Å². The molecule has 154 valence electrons. The Morgan fingerprint density at radius 1 is 1.37 bits per heavy atom. The van der Waals surface area contributed by atoms with Crippen LogP contribution in [0.3, 0.4) is 0 Å². The van der Waals surface area contributed by atoms with Crippen molar-refractivity contribution in [3.63, 3.8) is 0 Å². The van der Waals surface area contributed by atoms with E-state index in [2.05, 4.69) is 4.74 Å². The molecule has 0 aromatic heterocycles. The van der Waals surface area contributed by atoms with Crippen LogP contribution in [0, 0.1) is 5.92 Å². The molecular formula is C13H15Cl4NO6S3. The number of alkyl halides is 4. The number of carboxylic acids is 1. The Hall–Kier alpha value is 0.160. The number of hydrogen-bond donors (Lipinski definition) is 1. The summed E-state index contributed by atoms with van der Waals surface area (Å²) in [5, 5.41) is 8.49. The van der Waals surface area contributed by atoms with E-state index in [0.29, 0.717) is 3.53 Å². The highest BCUT2D eigenvalue weighted by Crippen LogP contribution is 2.42. The Bertz CT molecular complexity index is 591. The Kier molecular flexibility index (Phi) is 10.6. The van der Waals surface area contributed by atoms with Gasteiger partial charge >= 0.3 is 12.1 Å². The van der Waals surface area contributed by atoms with Crippen LogP contribution >= 0.6 is 82.1 Å². The van der Waals surface area contributed by atoms with Crippen LogP contribution in [0.1, 0.15) is 13.3 Å². The van der Waals surface area contributed by atoms with Gasteiger partial charge in [-0.05, 0) is 12.2 Å². The normalized spacial score (nSPS) is 20.6. The summed E-state index contributed by atoms with van der Waals surface area (Å²) < 4.78 is 8.23. The highest BCUT2D eigenvalue weighted by Gasteiger charge is 2.52. The van der Waals surface area contributed by atoms with Crippen molar-refractivity contribution in [2.45, 2.75) is 28.0 Å². The van der Waals surface area contributed by atoms with Gasteiger partial charge in [0.15, 0.2) is 0 Å². The number of nitrogens with zero attached hydrogens (tertiary/aromatic N) is 1. The quantitative estimate of drug-likeness (QED) is 0.167. The monoisotopic (exact) mass is 517 g/mol. The van der Waals surface area contributed by atoms with Crippen LogP contribution in [0.2, 0.25) is 0 Å². The van der Waals surface area contributed by atoms with Crippen LogP contribution in [0.25, 0.3) is 0 Å². The minimum absolute atomic E-state index is 0.137. The molecule has 1 rings (SSSR count). The van der Waals surface area contributed by atoms with E-state index in [9.17, 15) is 14.4 Å². The molecule has 3 atom stereocenters. The average Bonchev–Trinajstić information content (AvgIpc) is 2.55. The van der Waals surface area contributed by atoms with Crippen LogP contribution in [0.15, 0.2) is 0 Å². The van der Waals surface area contributed by atoms with E-state index >= 15 is 0 Å². The Balaban J connectivity index is 2.60. The maximum Gasteiger partial charge on any atom is 0.508 e. The second-order valence-corrected chi connectivity index (χ2v) is 11.5. The molecule has 1 unspecified atom stereocenters. The van der Waals surface area contributed by atoms with E-state index in [1.165, 1.54) is 23.5 Å². The number of halogens is 4. The molecule has 7 nitrogen and oxygen atoms in total. The number of carbonyl (C=O) groups is 3. The molecule has 0 saturated carbocycles. The molecule has 0 aromatic rings. The van der Waals surface area contributed by atoms with Crippen molar-refractivity contribution in [2.24, 2.45) is 5.92 Å². The number of hydrogen-bond acceptors (Lipinski definition) is 8. The Labute approximate surface area is 189 Å². The smallest absolute Gasteiger partial charge is 0.479 e. The zero-order valence-electron chi connectivity index (χ0n) is 13.7. The van der Waals surface area contributed by atoms with Gasteiger partial charge in [-0.3, -0.25) is 4.79 Å². The topological polar surface area (TPSA) is 93.1 Å². The van der Waals surface area contributed by atoms with Gasteiger partial charge in [-0.25, -0.2) is 9.59 Å². The van der Waals surface area contributed by atoms with Crippen LogP contribution < -0.4 is 0 Å². The minimum Gasteiger partial charge on any atom is -0.479 e. The first-order valence-corrected chi connectivity index (χ1v) is 11.2. The summed E-state index contributed by atoms with van der Waals surface area (Å²) in [5.74, 6) is -1.67. The predicted molar refractivity (Wildman–Crippen MR) is 112 cm³/mol. The van der Waals surface area contributed by atoms with Gasteiger partial charge in [0.2, 0.25) is 15.2 Å². The van der Waals surface area contributed by atoms with E-state index in [1.807, 2.05) is 6.92 Å². The van der Waals surface area contributed by atoms with Gasteiger partial charge in [-0.1, -0.05) is 77.3 Å². The largest absolute Gasteiger partial charge is 0.508 e. The van der Waals surface area contributed by atoms with Crippen molar-refractivity contribution < 1.29 is 29.0 Å². The first-order chi connectivity index (χ1) is 12.5. The van der Waals surface area contributed by atoms with Crippen molar-refractivity contribution in [1.29, 1.82) is 0 Å². The number of carbonyl (C=O) groups excluding carboxylic acids is 2. The summed E-state index contributed by atoms with van der Waals surface area (Å²) in [4.78, 5) is 35.9. The molecule has 0 aliphatic carbocycles. The van der Waals surface area contributed by atoms with Crippen LogP contribution in [0.4, 0.5) is 4.79 Å². The molecule has 27 heavy (non-hydrogen) atoms. The van der Waals surface area contributed by atoms with Crippen LogP contribution in [0.5, 0.6) is 0 Å². The molecule has 1 amide bonds. The number of aliphatic carboxylic acids is 1. The van der Waals surface area contributed by atoms with Crippen molar-refractivity contribution in [3.8, 4) is 0 Å². The van der Waals surface area contributed by atoms with Gasteiger partial charge in [0.25, 0.3) is 0 Å². The third-order valence-corrected chi connectivity index (χ3v) is 6.64. The van der Waals surface area contributed by atoms with Crippen molar-refractivity contribution in [2.75, 3.05) is 19.0 Å². The molecule has 0 bridgehead atoms. The summed E-state index contributed by atoms with van der Waals surface area (Å²) in [7, 11) is 0. The van der Waals surface area contributed by atoms with Gasteiger partial charge in [0, 0.05) is 0 Å². The molecular weight excluding hydrogens is 504 g/mol. The highest BCUT2D eigenvalue weighted by atomic mass is 35.6. The molecule has 0 radical (unpaired) electrons. The summed E-state index contributed by atoms with van der Waals surface area (Å²) in [6, 6.07) is 0. The number of likely N-dealkylation sites (tertiary alicyclic amines) is 1. The lowest BCUT2D eigenvalue weighted by molar-refractivity contribution is -0.160. The van der Waals surface area contributed by atoms with Gasteiger partial charge in [-0.15, -0.1) is 11.8 Å². The predicted octanol–water partition coefficient (Wildman–Crippen LogP) is 4.11. The summed E-state index contributed by atoms with van der Waals surface area (Å²) >= 11 is 29.9. The molecule has 1 fully saturated rings. The standard InChI is InChI=1S/C13H15Cl4NO6S3/c1-2-26-12(25)27-9-6(8(19)18(9)7(14)10(20)21)3-4-23-11(22)24-5-13(15,16)17/h6-7,9H,2-5H2,1H3,(H,20,21)/t6-,7?,9-/m1/s1. The van der Waals surface area contributed by atoms with E-state index in [1.54, 1.807) is 0 Å². The fourth-order valence-corrected chi connectivity index (χ4v) is 5.23. The Morgan fingerprint density at radius 3 is 2.52 bits per heavy atom.